The summed E-state index contributed by atoms with van der Waals surface area (Å²) in [5.74, 6) is 1.03. The van der Waals surface area contributed by atoms with E-state index in [1.165, 1.54) is 11.1 Å². The van der Waals surface area contributed by atoms with Crippen LogP contribution in [0.4, 0.5) is 5.69 Å². The Morgan fingerprint density at radius 3 is 2.22 bits per heavy atom. The molecular weight excluding hydrogens is 336 g/mol. The second-order valence-corrected chi connectivity index (χ2v) is 7.90. The smallest absolute Gasteiger partial charge is 0.279 e. The van der Waals surface area contributed by atoms with Crippen molar-refractivity contribution >= 4 is 11.6 Å². The van der Waals surface area contributed by atoms with Crippen LogP contribution in [0, 0.1) is 19.8 Å². The van der Waals surface area contributed by atoms with Crippen molar-refractivity contribution in [2.45, 2.75) is 59.9 Å². The fraction of sp³-hybridized carbons (Fsp3) is 0.545. The Labute approximate surface area is 163 Å². The van der Waals surface area contributed by atoms with E-state index in [0.717, 1.165) is 23.5 Å². The zero-order chi connectivity index (χ0) is 20.1. The van der Waals surface area contributed by atoms with E-state index >= 15 is 0 Å². The molecule has 1 heterocycles. The Balaban J connectivity index is 2.03. The SMILES string of the molecule is CC[C@@H](C)c1ccc([C@H]([NH2+]CC(=O)Nc2c(C)nn(C)c2C)C(C)C)cc1. The van der Waals surface area contributed by atoms with Gasteiger partial charge in [-0.3, -0.25) is 9.48 Å². The van der Waals surface area contributed by atoms with Crippen molar-refractivity contribution in [2.24, 2.45) is 13.0 Å². The van der Waals surface area contributed by atoms with E-state index in [0.29, 0.717) is 18.4 Å². The van der Waals surface area contributed by atoms with Gasteiger partial charge in [0, 0.05) is 18.5 Å². The molecule has 0 bridgehead atoms. The average Bonchev–Trinajstić information content (AvgIpc) is 2.87. The molecule has 0 radical (unpaired) electrons. The second-order valence-electron chi connectivity index (χ2n) is 7.90. The van der Waals surface area contributed by atoms with Crippen LogP contribution in [0.3, 0.4) is 0 Å². The Hall–Kier alpha value is -2.14. The minimum atomic E-state index is 0.0103. The Morgan fingerprint density at radius 2 is 1.74 bits per heavy atom. The number of nitrogens with zero attached hydrogens (tertiary/aromatic N) is 2. The fourth-order valence-electron chi connectivity index (χ4n) is 3.45. The first-order valence-corrected chi connectivity index (χ1v) is 9.97. The van der Waals surface area contributed by atoms with E-state index in [1.54, 1.807) is 4.68 Å². The summed E-state index contributed by atoms with van der Waals surface area (Å²) in [6.07, 6.45) is 1.15. The van der Waals surface area contributed by atoms with Gasteiger partial charge in [0.25, 0.3) is 5.91 Å². The number of carbonyl (C=O) groups excluding carboxylic acids is 1. The zero-order valence-electron chi connectivity index (χ0n) is 17.8. The van der Waals surface area contributed by atoms with E-state index in [-0.39, 0.29) is 11.9 Å². The largest absolute Gasteiger partial charge is 0.332 e. The first-order valence-electron chi connectivity index (χ1n) is 9.97. The van der Waals surface area contributed by atoms with E-state index in [4.69, 9.17) is 0 Å². The molecule has 5 heteroatoms. The van der Waals surface area contributed by atoms with Crippen LogP contribution < -0.4 is 10.6 Å². The first kappa shape index (κ1) is 21.2. The predicted octanol–water partition coefficient (Wildman–Crippen LogP) is 3.45. The van der Waals surface area contributed by atoms with Crippen LogP contribution in [-0.2, 0) is 11.8 Å². The molecule has 2 atom stereocenters. The third-order valence-corrected chi connectivity index (χ3v) is 5.55. The standard InChI is InChI=1S/C22H34N4O/c1-8-15(4)18-9-11-19(12-10-18)21(14(2)3)23-13-20(27)24-22-16(5)25-26(7)17(22)6/h9-12,14-15,21,23H,8,13H2,1-7H3,(H,24,27)/p+1/t15-,21-/m1/s1. The van der Waals surface area contributed by atoms with E-state index in [1.807, 2.05) is 20.9 Å². The number of hydrogen-bond acceptors (Lipinski definition) is 2. The number of benzene rings is 1. The molecule has 2 rings (SSSR count). The van der Waals surface area contributed by atoms with Gasteiger partial charge in [-0.15, -0.1) is 0 Å². The molecule has 0 saturated heterocycles. The number of hydrogen-bond donors (Lipinski definition) is 2. The highest BCUT2D eigenvalue weighted by atomic mass is 16.1. The summed E-state index contributed by atoms with van der Waals surface area (Å²) in [4.78, 5) is 12.5. The quantitative estimate of drug-likeness (QED) is 0.746. The number of amides is 1. The number of carbonyl (C=O) groups is 1. The predicted molar refractivity (Wildman–Crippen MR) is 111 cm³/mol. The fourth-order valence-corrected chi connectivity index (χ4v) is 3.45. The van der Waals surface area contributed by atoms with Crippen LogP contribution in [0.1, 0.15) is 68.6 Å². The summed E-state index contributed by atoms with van der Waals surface area (Å²) >= 11 is 0. The van der Waals surface area contributed by atoms with Crippen LogP contribution in [0.15, 0.2) is 24.3 Å². The van der Waals surface area contributed by atoms with E-state index in [9.17, 15) is 4.79 Å². The molecule has 0 aliphatic carbocycles. The maximum absolute atomic E-state index is 12.5. The van der Waals surface area contributed by atoms with Crippen LogP contribution in [-0.4, -0.2) is 22.2 Å². The van der Waals surface area contributed by atoms with Gasteiger partial charge in [-0.2, -0.15) is 5.10 Å². The lowest BCUT2D eigenvalue weighted by Crippen LogP contribution is -2.88. The molecule has 3 N–H and O–H groups in total. The highest BCUT2D eigenvalue weighted by Gasteiger charge is 2.21. The van der Waals surface area contributed by atoms with Crippen LogP contribution in [0.5, 0.6) is 0 Å². The lowest BCUT2D eigenvalue weighted by molar-refractivity contribution is -0.692. The molecule has 1 aromatic carbocycles. The minimum Gasteiger partial charge on any atom is -0.332 e. The first-order chi connectivity index (χ1) is 12.7. The van der Waals surface area contributed by atoms with Crippen molar-refractivity contribution in [1.29, 1.82) is 0 Å². The molecule has 27 heavy (non-hydrogen) atoms. The zero-order valence-corrected chi connectivity index (χ0v) is 17.8. The van der Waals surface area contributed by atoms with Crippen molar-refractivity contribution in [3.05, 3.63) is 46.8 Å². The topological polar surface area (TPSA) is 63.5 Å². The molecule has 5 nitrogen and oxygen atoms in total. The highest BCUT2D eigenvalue weighted by molar-refractivity contribution is 5.92. The van der Waals surface area contributed by atoms with Gasteiger partial charge >= 0.3 is 0 Å². The molecule has 0 unspecified atom stereocenters. The van der Waals surface area contributed by atoms with E-state index in [2.05, 4.69) is 67.7 Å². The maximum atomic E-state index is 12.5. The molecular formula is C22H35N4O+. The second kappa shape index (κ2) is 9.18. The summed E-state index contributed by atoms with van der Waals surface area (Å²) in [7, 11) is 1.89. The number of nitrogens with two attached hydrogens (primary N) is 1. The molecule has 0 aliphatic heterocycles. The van der Waals surface area contributed by atoms with Crippen molar-refractivity contribution in [3.63, 3.8) is 0 Å². The average molecular weight is 372 g/mol. The monoisotopic (exact) mass is 371 g/mol. The van der Waals surface area contributed by atoms with Gasteiger partial charge < -0.3 is 10.6 Å². The third-order valence-electron chi connectivity index (χ3n) is 5.55. The van der Waals surface area contributed by atoms with Gasteiger partial charge in [-0.25, -0.2) is 0 Å². The van der Waals surface area contributed by atoms with Gasteiger partial charge in [-0.05, 0) is 31.7 Å². The summed E-state index contributed by atoms with van der Waals surface area (Å²) in [6.45, 7) is 13.2. The molecule has 0 aliphatic rings. The summed E-state index contributed by atoms with van der Waals surface area (Å²) in [5.41, 5.74) is 5.31. The van der Waals surface area contributed by atoms with Crippen LogP contribution in [0.25, 0.3) is 0 Å². The normalized spacial score (nSPS) is 13.6. The van der Waals surface area contributed by atoms with Crippen molar-refractivity contribution in [3.8, 4) is 0 Å². The minimum absolute atomic E-state index is 0.0103. The number of aromatic nitrogens is 2. The molecule has 0 saturated carbocycles. The van der Waals surface area contributed by atoms with Gasteiger partial charge in [0.15, 0.2) is 6.54 Å². The molecule has 0 spiro atoms. The number of quaternary nitrogens is 1. The molecule has 1 amide bonds. The van der Waals surface area contributed by atoms with Gasteiger partial charge in [-0.1, -0.05) is 52.0 Å². The van der Waals surface area contributed by atoms with Crippen molar-refractivity contribution < 1.29 is 10.1 Å². The molecule has 2 aromatic rings. The van der Waals surface area contributed by atoms with Gasteiger partial charge in [0.05, 0.1) is 17.1 Å². The summed E-state index contributed by atoms with van der Waals surface area (Å²) < 4.78 is 1.80. The van der Waals surface area contributed by atoms with Crippen molar-refractivity contribution in [2.75, 3.05) is 11.9 Å². The molecule has 0 fully saturated rings. The molecule has 1 aromatic heterocycles. The van der Waals surface area contributed by atoms with Gasteiger partial charge in [0.1, 0.15) is 6.04 Å². The van der Waals surface area contributed by atoms with Gasteiger partial charge in [0.2, 0.25) is 0 Å². The number of nitrogens with one attached hydrogen (secondary N) is 1. The molecule has 148 valence electrons. The van der Waals surface area contributed by atoms with Crippen LogP contribution >= 0.6 is 0 Å². The Kier molecular flexibility index (Phi) is 7.19. The maximum Gasteiger partial charge on any atom is 0.279 e. The highest BCUT2D eigenvalue weighted by Crippen LogP contribution is 2.23. The van der Waals surface area contributed by atoms with Crippen LogP contribution in [0.2, 0.25) is 0 Å². The number of rotatable bonds is 8. The lowest BCUT2D eigenvalue weighted by atomic mass is 9.92. The number of aryl methyl sites for hydroxylation is 2. The Morgan fingerprint density at radius 1 is 1.15 bits per heavy atom. The lowest BCUT2D eigenvalue weighted by Gasteiger charge is -2.20. The summed E-state index contributed by atoms with van der Waals surface area (Å²) in [5, 5.41) is 9.52. The summed E-state index contributed by atoms with van der Waals surface area (Å²) in [6, 6.07) is 9.16. The third kappa shape index (κ3) is 5.19. The van der Waals surface area contributed by atoms with Crippen molar-refractivity contribution in [1.82, 2.24) is 9.78 Å². The Bertz CT molecular complexity index is 761. The van der Waals surface area contributed by atoms with E-state index < -0.39 is 0 Å². The number of anilines is 1.